The number of carbonyl (C=O) groups is 1. The summed E-state index contributed by atoms with van der Waals surface area (Å²) in [5, 5.41) is 2.95. The van der Waals surface area contributed by atoms with Crippen LogP contribution in [0.25, 0.3) is 0 Å². The summed E-state index contributed by atoms with van der Waals surface area (Å²) >= 11 is 1.83. The van der Waals surface area contributed by atoms with Crippen molar-refractivity contribution in [2.45, 2.75) is 104 Å². The van der Waals surface area contributed by atoms with Crippen molar-refractivity contribution >= 4 is 23.4 Å². The Morgan fingerprint density at radius 2 is 1.62 bits per heavy atom. The van der Waals surface area contributed by atoms with Crippen molar-refractivity contribution in [1.29, 1.82) is 0 Å². The first kappa shape index (κ1) is 31.1. The molecular formula is C33H47FN2O2S. The van der Waals surface area contributed by atoms with Crippen LogP contribution in [0.1, 0.15) is 102 Å². The highest BCUT2D eigenvalue weighted by molar-refractivity contribution is 8.03. The molecule has 2 aromatic carbocycles. The summed E-state index contributed by atoms with van der Waals surface area (Å²) in [6.07, 6.45) is 17.7. The molecule has 0 aliphatic carbocycles. The minimum atomic E-state index is -0.409. The van der Waals surface area contributed by atoms with Gasteiger partial charge in [-0.05, 0) is 53.6 Å². The van der Waals surface area contributed by atoms with Gasteiger partial charge in [0, 0.05) is 18.4 Å². The summed E-state index contributed by atoms with van der Waals surface area (Å²) in [6.45, 7) is 5.70. The zero-order valence-electron chi connectivity index (χ0n) is 24.0. The van der Waals surface area contributed by atoms with Gasteiger partial charge >= 0.3 is 0 Å². The second-order valence-electron chi connectivity index (χ2n) is 10.7. The second-order valence-corrected chi connectivity index (χ2v) is 11.9. The average Bonchev–Trinajstić information content (AvgIpc) is 3.32. The molecule has 39 heavy (non-hydrogen) atoms. The monoisotopic (exact) mass is 554 g/mol. The Hall–Kier alpha value is -2.47. The van der Waals surface area contributed by atoms with E-state index in [9.17, 15) is 9.18 Å². The molecule has 1 heterocycles. The number of allylic oxidation sites excluding steroid dienone is 1. The smallest absolute Gasteiger partial charge is 0.228 e. The van der Waals surface area contributed by atoms with Gasteiger partial charge in [-0.1, -0.05) is 95.8 Å². The predicted octanol–water partition coefficient (Wildman–Crippen LogP) is 9.45. The Morgan fingerprint density at radius 1 is 0.923 bits per heavy atom. The lowest BCUT2D eigenvalue weighted by Crippen LogP contribution is -2.16. The summed E-state index contributed by atoms with van der Waals surface area (Å²) in [7, 11) is 0. The topological polar surface area (TPSA) is 41.6 Å². The highest BCUT2D eigenvalue weighted by atomic mass is 32.2. The van der Waals surface area contributed by atoms with Gasteiger partial charge < -0.3 is 15.0 Å². The highest BCUT2D eigenvalue weighted by Crippen LogP contribution is 2.26. The lowest BCUT2D eigenvalue weighted by molar-refractivity contribution is -0.115. The number of rotatable bonds is 19. The van der Waals surface area contributed by atoms with Crippen molar-refractivity contribution in [1.82, 2.24) is 4.90 Å². The molecule has 0 unspecified atom stereocenters. The quantitative estimate of drug-likeness (QED) is 0.176. The number of ether oxygens (including phenoxy) is 1. The van der Waals surface area contributed by atoms with E-state index < -0.39 is 5.82 Å². The lowest BCUT2D eigenvalue weighted by atomic mass is 10.1. The van der Waals surface area contributed by atoms with Crippen molar-refractivity contribution < 1.29 is 13.9 Å². The van der Waals surface area contributed by atoms with Crippen molar-refractivity contribution in [2.75, 3.05) is 17.8 Å². The number of amides is 1. The van der Waals surface area contributed by atoms with Gasteiger partial charge in [0.15, 0.2) is 11.6 Å². The third-order valence-electron chi connectivity index (χ3n) is 7.04. The van der Waals surface area contributed by atoms with Gasteiger partial charge in [-0.25, -0.2) is 4.39 Å². The zero-order valence-corrected chi connectivity index (χ0v) is 24.8. The van der Waals surface area contributed by atoms with E-state index in [-0.39, 0.29) is 18.1 Å². The van der Waals surface area contributed by atoms with E-state index in [4.69, 9.17) is 4.74 Å². The van der Waals surface area contributed by atoms with Crippen LogP contribution in [0.15, 0.2) is 53.6 Å². The number of nitrogens with zero attached hydrogens (tertiary/aromatic N) is 1. The van der Waals surface area contributed by atoms with Gasteiger partial charge in [0.25, 0.3) is 0 Å². The zero-order chi connectivity index (χ0) is 27.7. The van der Waals surface area contributed by atoms with E-state index in [0.29, 0.717) is 12.2 Å². The lowest BCUT2D eigenvalue weighted by Gasteiger charge is -2.15. The summed E-state index contributed by atoms with van der Waals surface area (Å²) in [6, 6.07) is 12.7. The molecule has 214 valence electrons. The molecule has 1 amide bonds. The molecule has 1 aliphatic rings. The van der Waals surface area contributed by atoms with Crippen LogP contribution < -0.4 is 10.1 Å². The van der Waals surface area contributed by atoms with E-state index in [0.717, 1.165) is 36.5 Å². The summed E-state index contributed by atoms with van der Waals surface area (Å²) in [5.74, 6) is 0.643. The van der Waals surface area contributed by atoms with Gasteiger partial charge in [0.2, 0.25) is 5.91 Å². The van der Waals surface area contributed by atoms with E-state index in [1.807, 2.05) is 30.0 Å². The van der Waals surface area contributed by atoms with Gasteiger partial charge in [0.1, 0.15) is 0 Å². The fourth-order valence-corrected chi connectivity index (χ4v) is 5.64. The van der Waals surface area contributed by atoms with Gasteiger partial charge in [0.05, 0.1) is 18.9 Å². The van der Waals surface area contributed by atoms with Crippen LogP contribution in [0.5, 0.6) is 5.75 Å². The Labute approximate surface area is 239 Å². The number of carbonyl (C=O) groups excluding carboxylic acids is 1. The van der Waals surface area contributed by atoms with Crippen molar-refractivity contribution in [3.8, 4) is 5.75 Å². The molecule has 0 spiro atoms. The Kier molecular flexibility index (Phi) is 14.3. The fraction of sp³-hybridized carbons (Fsp3) is 0.545. The van der Waals surface area contributed by atoms with E-state index in [1.165, 1.54) is 75.2 Å². The van der Waals surface area contributed by atoms with Gasteiger partial charge in [-0.2, -0.15) is 0 Å². The number of hydrogen-bond acceptors (Lipinski definition) is 4. The molecule has 0 saturated carbocycles. The Bertz CT molecular complexity index is 1040. The molecule has 3 rings (SSSR count). The Morgan fingerprint density at radius 3 is 2.26 bits per heavy atom. The average molecular weight is 555 g/mol. The molecule has 1 aliphatic heterocycles. The number of thioether (sulfide) groups is 1. The number of unbranched alkanes of at least 4 members (excludes halogenated alkanes) is 11. The number of halogens is 1. The van der Waals surface area contributed by atoms with Crippen LogP contribution in [0.4, 0.5) is 10.1 Å². The van der Waals surface area contributed by atoms with E-state index in [1.54, 1.807) is 12.1 Å². The maximum absolute atomic E-state index is 14.6. The van der Waals surface area contributed by atoms with E-state index >= 15 is 0 Å². The van der Waals surface area contributed by atoms with Crippen LogP contribution in [0.3, 0.4) is 0 Å². The van der Waals surface area contributed by atoms with Gasteiger partial charge in [-0.15, -0.1) is 11.8 Å². The molecule has 2 aromatic rings. The van der Waals surface area contributed by atoms with Crippen LogP contribution >= 0.6 is 11.8 Å². The largest absolute Gasteiger partial charge is 0.491 e. The summed E-state index contributed by atoms with van der Waals surface area (Å²) < 4.78 is 20.3. The third-order valence-corrected chi connectivity index (χ3v) is 8.06. The highest BCUT2D eigenvalue weighted by Gasteiger charge is 2.12. The van der Waals surface area contributed by atoms with Crippen LogP contribution in [0.2, 0.25) is 0 Å². The molecule has 4 nitrogen and oxygen atoms in total. The number of benzene rings is 2. The summed E-state index contributed by atoms with van der Waals surface area (Å²) in [5.41, 5.74) is 2.53. The molecule has 0 aromatic heterocycles. The molecule has 0 fully saturated rings. The number of anilines is 1. The third kappa shape index (κ3) is 12.5. The standard InChI is InChI=1S/C33H47FN2O2S/c1-3-4-5-6-7-8-9-10-11-12-13-14-20-38-32-19-18-28(22-31(32)34)23-33(37)35-30-17-15-16-29(21-30)25-36-24-27(2)39-26-36/h15-19,21-22,24H,3-14,20,23,25-26H2,1-2H3,(H,35,37). The normalized spacial score (nSPS) is 13.0. The molecule has 6 heteroatoms. The van der Waals surface area contributed by atoms with Crippen LogP contribution in [-0.2, 0) is 17.8 Å². The second kappa shape index (κ2) is 18.0. The van der Waals surface area contributed by atoms with Crippen LogP contribution in [0, 0.1) is 5.82 Å². The molecular weight excluding hydrogens is 507 g/mol. The van der Waals surface area contributed by atoms with Crippen molar-refractivity contribution in [3.05, 3.63) is 70.5 Å². The minimum absolute atomic E-state index is 0.116. The minimum Gasteiger partial charge on any atom is -0.491 e. The molecule has 0 radical (unpaired) electrons. The first-order valence-electron chi connectivity index (χ1n) is 14.9. The first-order chi connectivity index (χ1) is 19.0. The SMILES string of the molecule is CCCCCCCCCCCCCCOc1ccc(CC(=O)Nc2cccc(CN3C=C(C)SC3)c2)cc1F. The van der Waals surface area contributed by atoms with Crippen LogP contribution in [-0.4, -0.2) is 23.3 Å². The van der Waals surface area contributed by atoms with E-state index in [2.05, 4.69) is 36.3 Å². The fourth-order valence-electron chi connectivity index (χ4n) is 4.88. The molecule has 0 bridgehead atoms. The summed E-state index contributed by atoms with van der Waals surface area (Å²) in [4.78, 5) is 16.2. The molecule has 0 saturated heterocycles. The van der Waals surface area contributed by atoms with Crippen molar-refractivity contribution in [2.24, 2.45) is 0 Å². The maximum Gasteiger partial charge on any atom is 0.228 e. The maximum atomic E-state index is 14.6. The van der Waals surface area contributed by atoms with Crippen molar-refractivity contribution in [3.63, 3.8) is 0 Å². The predicted molar refractivity (Wildman–Crippen MR) is 164 cm³/mol. The van der Waals surface area contributed by atoms with Gasteiger partial charge in [-0.3, -0.25) is 4.79 Å². The number of hydrogen-bond donors (Lipinski definition) is 1. The molecule has 0 atom stereocenters. The first-order valence-corrected chi connectivity index (χ1v) is 15.9. The Balaban J connectivity index is 1.29. The molecule has 1 N–H and O–H groups in total. The number of nitrogens with one attached hydrogen (secondary N) is 1.